The monoisotopic (exact) mass is 229 g/mol. The van der Waals surface area contributed by atoms with E-state index in [1.807, 2.05) is 38.1 Å². The number of aromatic nitrogens is 2. The quantitative estimate of drug-likeness (QED) is 0.792. The lowest BCUT2D eigenvalue weighted by atomic mass is 10.2. The molecule has 0 bridgehead atoms. The highest BCUT2D eigenvalue weighted by molar-refractivity contribution is 5.87. The maximum Gasteiger partial charge on any atom is 0.0749 e. The van der Waals surface area contributed by atoms with Crippen LogP contribution in [0, 0.1) is 6.92 Å². The summed E-state index contributed by atoms with van der Waals surface area (Å²) < 4.78 is 1.65. The van der Waals surface area contributed by atoms with E-state index in [0.717, 1.165) is 11.3 Å². The summed E-state index contributed by atoms with van der Waals surface area (Å²) in [6.45, 7) is 3.88. The van der Waals surface area contributed by atoms with Crippen LogP contribution >= 0.6 is 0 Å². The molecular weight excluding hydrogens is 216 g/mol. The van der Waals surface area contributed by atoms with Crippen LogP contribution in [0.4, 0.5) is 0 Å². The minimum atomic E-state index is -1.18. The van der Waals surface area contributed by atoms with E-state index in [4.69, 9.17) is 0 Å². The van der Waals surface area contributed by atoms with E-state index in [0.29, 0.717) is 12.1 Å². The average Bonchev–Trinajstić information content (AvgIpc) is 2.72. The van der Waals surface area contributed by atoms with Gasteiger partial charge >= 0.3 is 0 Å². The standard InChI is InChI=1S/C13H14N2O2/c1-3-12-11(13(16)17)8-14-15(12)10-6-4-5-9(2)7-10/h4-8H,3H2,1-2H3,(H,16,17)/p-1. The van der Waals surface area contributed by atoms with Crippen LogP contribution in [0.5, 0.6) is 0 Å². The molecule has 1 aromatic carbocycles. The van der Waals surface area contributed by atoms with Gasteiger partial charge in [-0.05, 0) is 31.0 Å². The van der Waals surface area contributed by atoms with E-state index in [9.17, 15) is 9.90 Å². The predicted molar refractivity (Wildman–Crippen MR) is 62.0 cm³/mol. The molecule has 0 saturated heterocycles. The highest BCUT2D eigenvalue weighted by Crippen LogP contribution is 2.16. The van der Waals surface area contributed by atoms with Gasteiger partial charge in [-0.2, -0.15) is 5.10 Å². The van der Waals surface area contributed by atoms with Crippen molar-refractivity contribution in [1.29, 1.82) is 0 Å². The summed E-state index contributed by atoms with van der Waals surface area (Å²) in [5.74, 6) is -1.18. The second kappa shape index (κ2) is 4.41. The molecule has 2 rings (SSSR count). The molecule has 2 aromatic rings. The second-order valence-corrected chi connectivity index (χ2v) is 3.90. The number of aryl methyl sites for hydroxylation is 1. The molecule has 4 nitrogen and oxygen atoms in total. The number of carboxylic acids is 1. The molecule has 0 radical (unpaired) electrons. The minimum Gasteiger partial charge on any atom is -0.545 e. The molecule has 0 spiro atoms. The summed E-state index contributed by atoms with van der Waals surface area (Å²) in [4.78, 5) is 10.9. The Morgan fingerprint density at radius 1 is 1.47 bits per heavy atom. The van der Waals surface area contributed by atoms with Crippen LogP contribution in [0.1, 0.15) is 28.5 Å². The fourth-order valence-corrected chi connectivity index (χ4v) is 1.87. The Morgan fingerprint density at radius 2 is 2.24 bits per heavy atom. The summed E-state index contributed by atoms with van der Waals surface area (Å²) in [7, 11) is 0. The number of carbonyl (C=O) groups is 1. The van der Waals surface area contributed by atoms with Crippen molar-refractivity contribution in [1.82, 2.24) is 9.78 Å². The van der Waals surface area contributed by atoms with Gasteiger partial charge in [-0.3, -0.25) is 0 Å². The summed E-state index contributed by atoms with van der Waals surface area (Å²) >= 11 is 0. The lowest BCUT2D eigenvalue weighted by molar-refractivity contribution is -0.255. The van der Waals surface area contributed by atoms with Crippen molar-refractivity contribution in [3.8, 4) is 5.69 Å². The Bertz CT molecular complexity index is 558. The molecule has 0 amide bonds. The Balaban J connectivity index is 2.56. The fourth-order valence-electron chi connectivity index (χ4n) is 1.87. The van der Waals surface area contributed by atoms with Crippen LogP contribution in [-0.2, 0) is 6.42 Å². The molecule has 0 N–H and O–H groups in total. The van der Waals surface area contributed by atoms with Crippen molar-refractivity contribution < 1.29 is 9.90 Å². The number of carboxylic acid groups (broad SMARTS) is 1. The van der Waals surface area contributed by atoms with Crippen LogP contribution in [0.3, 0.4) is 0 Å². The molecule has 1 heterocycles. The molecular formula is C13H13N2O2-. The third-order valence-electron chi connectivity index (χ3n) is 2.67. The van der Waals surface area contributed by atoms with Gasteiger partial charge in [0, 0.05) is 5.56 Å². The molecule has 0 aliphatic rings. The topological polar surface area (TPSA) is 57.9 Å². The summed E-state index contributed by atoms with van der Waals surface area (Å²) in [6, 6.07) is 7.77. The minimum absolute atomic E-state index is 0.161. The van der Waals surface area contributed by atoms with Crippen molar-refractivity contribution in [3.05, 3.63) is 47.3 Å². The maximum atomic E-state index is 10.9. The third-order valence-corrected chi connectivity index (χ3v) is 2.67. The van der Waals surface area contributed by atoms with E-state index < -0.39 is 5.97 Å². The SMILES string of the molecule is CCc1c(C(=O)[O-])cnn1-c1cccc(C)c1. The van der Waals surface area contributed by atoms with Crippen molar-refractivity contribution in [2.24, 2.45) is 0 Å². The lowest BCUT2D eigenvalue weighted by Gasteiger charge is -2.08. The Morgan fingerprint density at radius 3 is 2.82 bits per heavy atom. The zero-order chi connectivity index (χ0) is 12.4. The summed E-state index contributed by atoms with van der Waals surface area (Å²) in [5.41, 5.74) is 2.80. The van der Waals surface area contributed by atoms with E-state index in [2.05, 4.69) is 5.10 Å². The molecule has 0 saturated carbocycles. The first-order valence-electron chi connectivity index (χ1n) is 5.48. The highest BCUT2D eigenvalue weighted by atomic mass is 16.4. The zero-order valence-corrected chi connectivity index (χ0v) is 9.80. The van der Waals surface area contributed by atoms with Crippen molar-refractivity contribution in [2.45, 2.75) is 20.3 Å². The van der Waals surface area contributed by atoms with Crippen molar-refractivity contribution in [2.75, 3.05) is 0 Å². The second-order valence-electron chi connectivity index (χ2n) is 3.90. The lowest BCUT2D eigenvalue weighted by Crippen LogP contribution is -2.23. The van der Waals surface area contributed by atoms with Gasteiger partial charge in [0.05, 0.1) is 23.5 Å². The molecule has 1 aromatic heterocycles. The number of benzene rings is 1. The van der Waals surface area contributed by atoms with E-state index in [1.54, 1.807) is 4.68 Å². The smallest absolute Gasteiger partial charge is 0.0749 e. The summed E-state index contributed by atoms with van der Waals surface area (Å²) in [6.07, 6.45) is 1.94. The van der Waals surface area contributed by atoms with Gasteiger partial charge in [0.15, 0.2) is 0 Å². The van der Waals surface area contributed by atoms with Gasteiger partial charge in [-0.1, -0.05) is 19.1 Å². The average molecular weight is 229 g/mol. The van der Waals surface area contributed by atoms with Crippen LogP contribution in [0.15, 0.2) is 30.5 Å². The molecule has 4 heteroatoms. The van der Waals surface area contributed by atoms with E-state index in [-0.39, 0.29) is 5.56 Å². The van der Waals surface area contributed by atoms with E-state index >= 15 is 0 Å². The first-order valence-corrected chi connectivity index (χ1v) is 5.48. The molecule has 0 fully saturated rings. The molecule has 88 valence electrons. The number of rotatable bonds is 3. The Kier molecular flexibility index (Phi) is 2.95. The largest absolute Gasteiger partial charge is 0.545 e. The van der Waals surface area contributed by atoms with Gasteiger partial charge in [0.1, 0.15) is 0 Å². The third kappa shape index (κ3) is 2.06. The van der Waals surface area contributed by atoms with Gasteiger partial charge in [-0.25, -0.2) is 4.68 Å². The number of hydrogen-bond acceptors (Lipinski definition) is 3. The van der Waals surface area contributed by atoms with Crippen molar-refractivity contribution in [3.63, 3.8) is 0 Å². The molecule has 0 unspecified atom stereocenters. The highest BCUT2D eigenvalue weighted by Gasteiger charge is 2.11. The number of nitrogens with zero attached hydrogens (tertiary/aromatic N) is 2. The maximum absolute atomic E-state index is 10.9. The number of carbonyl (C=O) groups excluding carboxylic acids is 1. The fraction of sp³-hybridized carbons (Fsp3) is 0.231. The predicted octanol–water partition coefficient (Wildman–Crippen LogP) is 1.11. The van der Waals surface area contributed by atoms with Crippen LogP contribution < -0.4 is 5.11 Å². The number of aromatic carboxylic acids is 1. The molecule has 17 heavy (non-hydrogen) atoms. The van der Waals surface area contributed by atoms with Gasteiger partial charge in [-0.15, -0.1) is 0 Å². The van der Waals surface area contributed by atoms with Crippen molar-refractivity contribution >= 4 is 5.97 Å². The Hall–Kier alpha value is -2.10. The van der Waals surface area contributed by atoms with E-state index in [1.165, 1.54) is 6.20 Å². The van der Waals surface area contributed by atoms with Gasteiger partial charge in [0.2, 0.25) is 0 Å². The normalized spacial score (nSPS) is 10.5. The molecule has 0 aliphatic heterocycles. The van der Waals surface area contributed by atoms with Gasteiger partial charge in [0.25, 0.3) is 0 Å². The van der Waals surface area contributed by atoms with Gasteiger partial charge < -0.3 is 9.90 Å². The Labute approximate surface area is 99.5 Å². The van der Waals surface area contributed by atoms with Crippen LogP contribution in [-0.4, -0.2) is 15.7 Å². The van der Waals surface area contributed by atoms with Crippen LogP contribution in [0.25, 0.3) is 5.69 Å². The van der Waals surface area contributed by atoms with Crippen LogP contribution in [0.2, 0.25) is 0 Å². The molecule has 0 aliphatic carbocycles. The molecule has 0 atom stereocenters. The first-order chi connectivity index (χ1) is 8.13. The zero-order valence-electron chi connectivity index (χ0n) is 9.80. The first kappa shape index (κ1) is 11.4. The number of hydrogen-bond donors (Lipinski definition) is 0. The summed E-state index contributed by atoms with van der Waals surface area (Å²) in [5, 5.41) is 15.0.